The van der Waals surface area contributed by atoms with Gasteiger partial charge in [-0.15, -0.1) is 0 Å². The third kappa shape index (κ3) is 6.45. The first kappa shape index (κ1) is 15.8. The monoisotopic (exact) mass is 284 g/mol. The first-order valence-corrected chi connectivity index (χ1v) is 6.77. The lowest BCUT2D eigenvalue weighted by Crippen LogP contribution is -2.26. The van der Waals surface area contributed by atoms with Crippen molar-refractivity contribution >= 4 is 23.2 Å². The second kappa shape index (κ2) is 8.77. The fraction of sp³-hybridized carbons (Fsp3) is 0.500. The van der Waals surface area contributed by atoms with E-state index < -0.39 is 0 Å². The van der Waals surface area contributed by atoms with Crippen LogP contribution in [0.1, 0.15) is 18.4 Å². The molecule has 0 unspecified atom stereocenters. The molecule has 0 saturated heterocycles. The number of carbonyl (C=O) groups excluding carboxylic acids is 1. The zero-order valence-corrected chi connectivity index (χ0v) is 12.2. The number of halogens is 1. The van der Waals surface area contributed by atoms with Gasteiger partial charge in [0.25, 0.3) is 0 Å². The standard InChI is InChI=1S/C14H21ClN2O2/c1-11-10-12(15)4-5-13(11)16-8-6-14(18)17-7-3-9-19-2/h4-5,10,16H,3,6-9H2,1-2H3,(H,17,18). The van der Waals surface area contributed by atoms with Crippen molar-refractivity contribution in [3.8, 4) is 0 Å². The van der Waals surface area contributed by atoms with Crippen molar-refractivity contribution in [3.63, 3.8) is 0 Å². The molecule has 0 aliphatic carbocycles. The second-order valence-electron chi connectivity index (χ2n) is 4.33. The summed E-state index contributed by atoms with van der Waals surface area (Å²) >= 11 is 5.88. The van der Waals surface area contributed by atoms with Gasteiger partial charge in [0, 0.05) is 43.9 Å². The van der Waals surface area contributed by atoms with Crippen LogP contribution in [0, 0.1) is 6.92 Å². The van der Waals surface area contributed by atoms with Crippen LogP contribution < -0.4 is 10.6 Å². The number of rotatable bonds is 8. The lowest BCUT2D eigenvalue weighted by atomic mass is 10.2. The maximum absolute atomic E-state index is 11.5. The maximum Gasteiger partial charge on any atom is 0.221 e. The molecule has 0 bridgehead atoms. The summed E-state index contributed by atoms with van der Waals surface area (Å²) in [4.78, 5) is 11.5. The van der Waals surface area contributed by atoms with Gasteiger partial charge in [0.1, 0.15) is 0 Å². The molecular formula is C14H21ClN2O2. The lowest BCUT2D eigenvalue weighted by Gasteiger charge is -2.10. The topological polar surface area (TPSA) is 50.4 Å². The third-order valence-corrected chi connectivity index (χ3v) is 2.94. The molecule has 19 heavy (non-hydrogen) atoms. The summed E-state index contributed by atoms with van der Waals surface area (Å²) in [5.41, 5.74) is 2.09. The summed E-state index contributed by atoms with van der Waals surface area (Å²) in [6.07, 6.45) is 1.29. The van der Waals surface area contributed by atoms with Gasteiger partial charge in [-0.05, 0) is 37.1 Å². The van der Waals surface area contributed by atoms with Crippen LogP contribution in [-0.2, 0) is 9.53 Å². The highest BCUT2D eigenvalue weighted by atomic mass is 35.5. The SMILES string of the molecule is COCCCNC(=O)CCNc1ccc(Cl)cc1C. The van der Waals surface area contributed by atoms with Crippen molar-refractivity contribution in [2.45, 2.75) is 19.8 Å². The summed E-state index contributed by atoms with van der Waals surface area (Å²) in [7, 11) is 1.65. The molecule has 0 aromatic heterocycles. The Morgan fingerprint density at radius 1 is 1.37 bits per heavy atom. The van der Waals surface area contributed by atoms with Gasteiger partial charge in [-0.1, -0.05) is 11.6 Å². The predicted molar refractivity (Wildman–Crippen MR) is 78.8 cm³/mol. The summed E-state index contributed by atoms with van der Waals surface area (Å²) < 4.78 is 4.91. The van der Waals surface area contributed by atoms with Crippen molar-refractivity contribution in [2.24, 2.45) is 0 Å². The number of anilines is 1. The van der Waals surface area contributed by atoms with Crippen molar-refractivity contribution in [2.75, 3.05) is 32.1 Å². The minimum absolute atomic E-state index is 0.0511. The molecule has 1 aromatic rings. The number of carbonyl (C=O) groups is 1. The molecule has 0 heterocycles. The normalized spacial score (nSPS) is 10.3. The van der Waals surface area contributed by atoms with Gasteiger partial charge in [-0.25, -0.2) is 0 Å². The molecule has 0 saturated carbocycles. The number of nitrogens with one attached hydrogen (secondary N) is 2. The minimum Gasteiger partial charge on any atom is -0.385 e. The van der Waals surface area contributed by atoms with E-state index in [1.54, 1.807) is 7.11 Å². The molecule has 1 rings (SSSR count). The number of amides is 1. The van der Waals surface area contributed by atoms with Gasteiger partial charge in [0.2, 0.25) is 5.91 Å². The molecule has 0 radical (unpaired) electrons. The average molecular weight is 285 g/mol. The van der Waals surface area contributed by atoms with Gasteiger partial charge >= 0.3 is 0 Å². The first-order valence-electron chi connectivity index (χ1n) is 6.39. The molecule has 1 aromatic carbocycles. The molecule has 0 aliphatic rings. The molecule has 106 valence electrons. The van der Waals surface area contributed by atoms with E-state index in [0.29, 0.717) is 26.1 Å². The fourth-order valence-corrected chi connectivity index (χ4v) is 1.90. The second-order valence-corrected chi connectivity index (χ2v) is 4.77. The Morgan fingerprint density at radius 3 is 2.84 bits per heavy atom. The van der Waals surface area contributed by atoms with Crippen molar-refractivity contribution in [1.82, 2.24) is 5.32 Å². The van der Waals surface area contributed by atoms with Gasteiger partial charge < -0.3 is 15.4 Å². The van der Waals surface area contributed by atoms with Gasteiger partial charge in [-0.3, -0.25) is 4.79 Å². The Bertz CT molecular complexity index is 410. The highest BCUT2D eigenvalue weighted by Crippen LogP contribution is 2.19. The van der Waals surface area contributed by atoms with E-state index in [4.69, 9.17) is 16.3 Å². The van der Waals surface area contributed by atoms with Gasteiger partial charge in [-0.2, -0.15) is 0 Å². The number of ether oxygens (including phenoxy) is 1. The Morgan fingerprint density at radius 2 is 2.16 bits per heavy atom. The smallest absolute Gasteiger partial charge is 0.221 e. The predicted octanol–water partition coefficient (Wildman–Crippen LogP) is 2.60. The molecular weight excluding hydrogens is 264 g/mol. The Hall–Kier alpha value is -1.26. The summed E-state index contributed by atoms with van der Waals surface area (Å²) in [5.74, 6) is 0.0511. The van der Waals surface area contributed by atoms with Gasteiger partial charge in [0.05, 0.1) is 0 Å². The number of aryl methyl sites for hydroxylation is 1. The number of hydrogen-bond donors (Lipinski definition) is 2. The Balaban J connectivity index is 2.20. The largest absolute Gasteiger partial charge is 0.385 e. The summed E-state index contributed by atoms with van der Waals surface area (Å²) in [5, 5.41) is 6.80. The van der Waals surface area contributed by atoms with E-state index in [-0.39, 0.29) is 5.91 Å². The Kier molecular flexibility index (Phi) is 7.30. The van der Waals surface area contributed by atoms with E-state index in [1.165, 1.54) is 0 Å². The van der Waals surface area contributed by atoms with Crippen LogP contribution in [-0.4, -0.2) is 32.7 Å². The van der Waals surface area contributed by atoms with Crippen LogP contribution in [0.15, 0.2) is 18.2 Å². The van der Waals surface area contributed by atoms with Crippen molar-refractivity contribution < 1.29 is 9.53 Å². The van der Waals surface area contributed by atoms with E-state index in [9.17, 15) is 4.79 Å². The molecule has 2 N–H and O–H groups in total. The summed E-state index contributed by atoms with van der Waals surface area (Å²) in [6, 6.07) is 5.66. The average Bonchev–Trinajstić information content (AvgIpc) is 2.37. The quantitative estimate of drug-likeness (QED) is 0.722. The van der Waals surface area contributed by atoms with E-state index in [1.807, 2.05) is 25.1 Å². The van der Waals surface area contributed by atoms with E-state index in [0.717, 1.165) is 22.7 Å². The molecule has 0 spiro atoms. The highest BCUT2D eigenvalue weighted by molar-refractivity contribution is 6.30. The zero-order chi connectivity index (χ0) is 14.1. The Labute approximate surface area is 119 Å². The van der Waals surface area contributed by atoms with Crippen LogP contribution in [0.25, 0.3) is 0 Å². The fourth-order valence-electron chi connectivity index (χ4n) is 1.67. The molecule has 0 atom stereocenters. The molecule has 1 amide bonds. The molecule has 4 nitrogen and oxygen atoms in total. The number of benzene rings is 1. The zero-order valence-electron chi connectivity index (χ0n) is 11.5. The number of hydrogen-bond acceptors (Lipinski definition) is 3. The van der Waals surface area contributed by atoms with Crippen LogP contribution in [0.4, 0.5) is 5.69 Å². The minimum atomic E-state index is 0.0511. The van der Waals surface area contributed by atoms with Crippen LogP contribution in [0.2, 0.25) is 5.02 Å². The summed E-state index contributed by atoms with van der Waals surface area (Å²) in [6.45, 7) is 3.92. The highest BCUT2D eigenvalue weighted by Gasteiger charge is 2.02. The van der Waals surface area contributed by atoms with Crippen molar-refractivity contribution in [1.29, 1.82) is 0 Å². The maximum atomic E-state index is 11.5. The molecule has 5 heteroatoms. The van der Waals surface area contributed by atoms with Gasteiger partial charge in [0.15, 0.2) is 0 Å². The van der Waals surface area contributed by atoms with E-state index >= 15 is 0 Å². The molecule has 0 fully saturated rings. The third-order valence-electron chi connectivity index (χ3n) is 2.70. The van der Waals surface area contributed by atoms with Crippen molar-refractivity contribution in [3.05, 3.63) is 28.8 Å². The van der Waals surface area contributed by atoms with Crippen LogP contribution in [0.3, 0.4) is 0 Å². The van der Waals surface area contributed by atoms with Crippen LogP contribution >= 0.6 is 11.6 Å². The van der Waals surface area contributed by atoms with E-state index in [2.05, 4.69) is 10.6 Å². The molecule has 0 aliphatic heterocycles. The number of methoxy groups -OCH3 is 1. The van der Waals surface area contributed by atoms with Crippen LogP contribution in [0.5, 0.6) is 0 Å². The first-order chi connectivity index (χ1) is 9.13. The lowest BCUT2D eigenvalue weighted by molar-refractivity contribution is -0.120.